The van der Waals surface area contributed by atoms with Crippen LogP contribution in [-0.4, -0.2) is 35.6 Å². The van der Waals surface area contributed by atoms with E-state index in [9.17, 15) is 0 Å². The van der Waals surface area contributed by atoms with Crippen LogP contribution in [0.25, 0.3) is 0 Å². The standard InChI is InChI=1S/C17H28N2/c1-11-9-18-17(6-2-3-7-17)10-19(11)16-14-12-4-5-13(8-12)15(14)16/h11-16,18H,2-10H2,1H3. The number of hydrogen-bond donors (Lipinski definition) is 1. The normalized spacial score (nSPS) is 54.8. The van der Waals surface area contributed by atoms with Crippen LogP contribution in [0, 0.1) is 23.7 Å². The zero-order chi connectivity index (χ0) is 12.6. The fourth-order valence-electron chi connectivity index (χ4n) is 6.55. The molecule has 4 aliphatic carbocycles. The lowest BCUT2D eigenvalue weighted by molar-refractivity contribution is 0.0668. The second-order valence-electron chi connectivity index (χ2n) is 8.37. The second kappa shape index (κ2) is 3.76. The summed E-state index contributed by atoms with van der Waals surface area (Å²) in [6.07, 6.45) is 10.5. The number of fused-ring (bicyclic) bond motifs is 5. The topological polar surface area (TPSA) is 15.3 Å². The summed E-state index contributed by atoms with van der Waals surface area (Å²) in [6, 6.07) is 1.78. The van der Waals surface area contributed by atoms with Gasteiger partial charge in [-0.05, 0) is 62.7 Å². The summed E-state index contributed by atoms with van der Waals surface area (Å²) >= 11 is 0. The summed E-state index contributed by atoms with van der Waals surface area (Å²) in [5.41, 5.74) is 0.516. The van der Waals surface area contributed by atoms with Gasteiger partial charge in [0, 0.05) is 30.7 Å². The number of nitrogens with zero attached hydrogens (tertiary/aromatic N) is 1. The molecule has 1 spiro atoms. The minimum Gasteiger partial charge on any atom is -0.308 e. The van der Waals surface area contributed by atoms with E-state index < -0.39 is 0 Å². The van der Waals surface area contributed by atoms with Crippen molar-refractivity contribution in [3.8, 4) is 0 Å². The molecule has 5 rings (SSSR count). The fourth-order valence-corrected chi connectivity index (χ4v) is 6.55. The van der Waals surface area contributed by atoms with Crippen LogP contribution in [0.3, 0.4) is 0 Å². The molecule has 1 heterocycles. The Kier molecular flexibility index (Phi) is 2.29. The highest BCUT2D eigenvalue weighted by Crippen LogP contribution is 2.67. The first-order chi connectivity index (χ1) is 9.27. The Morgan fingerprint density at radius 2 is 1.74 bits per heavy atom. The van der Waals surface area contributed by atoms with Crippen molar-refractivity contribution in [3.05, 3.63) is 0 Å². The molecule has 4 saturated carbocycles. The van der Waals surface area contributed by atoms with E-state index in [1.165, 1.54) is 38.8 Å². The highest BCUT2D eigenvalue weighted by Gasteiger charge is 2.67. The maximum Gasteiger partial charge on any atom is 0.0309 e. The van der Waals surface area contributed by atoms with Crippen LogP contribution in [0.5, 0.6) is 0 Å². The Labute approximate surface area is 117 Å². The van der Waals surface area contributed by atoms with Crippen molar-refractivity contribution in [1.82, 2.24) is 10.2 Å². The quantitative estimate of drug-likeness (QED) is 0.780. The second-order valence-corrected chi connectivity index (χ2v) is 8.37. The molecule has 106 valence electrons. The van der Waals surface area contributed by atoms with Crippen molar-refractivity contribution in [1.29, 1.82) is 0 Å². The van der Waals surface area contributed by atoms with Crippen molar-refractivity contribution >= 4 is 0 Å². The molecule has 1 N–H and O–H groups in total. The lowest BCUT2D eigenvalue weighted by atomic mass is 9.91. The minimum absolute atomic E-state index is 0.516. The van der Waals surface area contributed by atoms with Crippen LogP contribution in [0.15, 0.2) is 0 Å². The van der Waals surface area contributed by atoms with Gasteiger partial charge in [0.1, 0.15) is 0 Å². The zero-order valence-corrected chi connectivity index (χ0v) is 12.3. The summed E-state index contributed by atoms with van der Waals surface area (Å²) < 4.78 is 0. The van der Waals surface area contributed by atoms with E-state index in [-0.39, 0.29) is 0 Å². The van der Waals surface area contributed by atoms with Crippen LogP contribution in [0.1, 0.15) is 51.9 Å². The van der Waals surface area contributed by atoms with Gasteiger partial charge >= 0.3 is 0 Å². The molecule has 2 heteroatoms. The van der Waals surface area contributed by atoms with Crippen molar-refractivity contribution in [3.63, 3.8) is 0 Å². The summed E-state index contributed by atoms with van der Waals surface area (Å²) in [5, 5.41) is 3.92. The highest BCUT2D eigenvalue weighted by atomic mass is 15.3. The Morgan fingerprint density at radius 3 is 2.42 bits per heavy atom. The summed E-state index contributed by atoms with van der Waals surface area (Å²) in [7, 11) is 0. The maximum absolute atomic E-state index is 3.92. The van der Waals surface area contributed by atoms with E-state index in [1.807, 2.05) is 0 Å². The largest absolute Gasteiger partial charge is 0.308 e. The molecule has 2 nitrogen and oxygen atoms in total. The van der Waals surface area contributed by atoms with E-state index in [2.05, 4.69) is 17.1 Å². The Bertz CT molecular complexity index is 371. The molecule has 0 radical (unpaired) electrons. The zero-order valence-electron chi connectivity index (χ0n) is 12.3. The van der Waals surface area contributed by atoms with Crippen molar-refractivity contribution in [2.24, 2.45) is 23.7 Å². The monoisotopic (exact) mass is 260 g/mol. The minimum atomic E-state index is 0.516. The predicted molar refractivity (Wildman–Crippen MR) is 77.0 cm³/mol. The Balaban J connectivity index is 1.37. The van der Waals surface area contributed by atoms with Crippen LogP contribution in [0.2, 0.25) is 0 Å². The van der Waals surface area contributed by atoms with E-state index in [1.54, 1.807) is 19.3 Å². The average molecular weight is 260 g/mol. The van der Waals surface area contributed by atoms with E-state index in [4.69, 9.17) is 0 Å². The number of hydrogen-bond acceptors (Lipinski definition) is 2. The predicted octanol–water partition coefficient (Wildman–Crippen LogP) is 2.64. The van der Waals surface area contributed by atoms with Crippen LogP contribution in [0.4, 0.5) is 0 Å². The van der Waals surface area contributed by atoms with Gasteiger partial charge in [-0.15, -0.1) is 0 Å². The number of piperazine rings is 1. The smallest absolute Gasteiger partial charge is 0.0309 e. The van der Waals surface area contributed by atoms with Gasteiger partial charge in [-0.3, -0.25) is 4.90 Å². The lowest BCUT2D eigenvalue weighted by Gasteiger charge is -2.46. The third-order valence-corrected chi connectivity index (χ3v) is 7.46. The lowest BCUT2D eigenvalue weighted by Crippen LogP contribution is -2.63. The van der Waals surface area contributed by atoms with Gasteiger partial charge in [-0.25, -0.2) is 0 Å². The van der Waals surface area contributed by atoms with Gasteiger partial charge < -0.3 is 5.32 Å². The molecule has 0 amide bonds. The SMILES string of the molecule is CC1CNC2(CCCC2)CN1C1C2C3CCC(C3)C21. The third-order valence-electron chi connectivity index (χ3n) is 7.46. The average Bonchev–Trinajstić information content (AvgIpc) is 2.81. The fraction of sp³-hybridized carbons (Fsp3) is 1.00. The maximum atomic E-state index is 3.92. The van der Waals surface area contributed by atoms with Crippen molar-refractivity contribution < 1.29 is 0 Å². The van der Waals surface area contributed by atoms with Crippen LogP contribution < -0.4 is 5.32 Å². The first-order valence-corrected chi connectivity index (χ1v) is 8.78. The first-order valence-electron chi connectivity index (χ1n) is 8.78. The molecule has 0 aromatic heterocycles. The Hall–Kier alpha value is -0.0800. The van der Waals surface area contributed by atoms with Crippen LogP contribution >= 0.6 is 0 Å². The van der Waals surface area contributed by atoms with Gasteiger partial charge in [0.2, 0.25) is 0 Å². The van der Waals surface area contributed by atoms with Gasteiger partial charge in [-0.2, -0.15) is 0 Å². The van der Waals surface area contributed by atoms with E-state index >= 15 is 0 Å². The number of nitrogens with one attached hydrogen (secondary N) is 1. The molecule has 5 fully saturated rings. The molecule has 5 unspecified atom stereocenters. The van der Waals surface area contributed by atoms with Crippen LogP contribution in [-0.2, 0) is 0 Å². The van der Waals surface area contributed by atoms with E-state index in [0.29, 0.717) is 5.54 Å². The number of rotatable bonds is 1. The molecular weight excluding hydrogens is 232 g/mol. The summed E-state index contributed by atoms with van der Waals surface area (Å²) in [6.45, 7) is 5.07. The van der Waals surface area contributed by atoms with E-state index in [0.717, 1.165) is 35.8 Å². The van der Waals surface area contributed by atoms with Gasteiger partial charge in [0.15, 0.2) is 0 Å². The molecule has 0 aromatic carbocycles. The van der Waals surface area contributed by atoms with Crippen molar-refractivity contribution in [2.75, 3.05) is 13.1 Å². The molecule has 1 saturated heterocycles. The third kappa shape index (κ3) is 1.51. The molecule has 1 aliphatic heterocycles. The van der Waals surface area contributed by atoms with Gasteiger partial charge in [-0.1, -0.05) is 12.8 Å². The molecule has 5 atom stereocenters. The first kappa shape index (κ1) is 11.6. The molecular formula is C17H28N2. The highest BCUT2D eigenvalue weighted by molar-refractivity contribution is 5.19. The van der Waals surface area contributed by atoms with Gasteiger partial charge in [0.25, 0.3) is 0 Å². The van der Waals surface area contributed by atoms with Gasteiger partial charge in [0.05, 0.1) is 0 Å². The summed E-state index contributed by atoms with van der Waals surface area (Å²) in [5.74, 6) is 4.50. The Morgan fingerprint density at radius 1 is 1.05 bits per heavy atom. The van der Waals surface area contributed by atoms with Crippen molar-refractivity contribution in [2.45, 2.75) is 69.5 Å². The molecule has 0 aromatic rings. The molecule has 5 aliphatic rings. The molecule has 19 heavy (non-hydrogen) atoms. The molecule has 2 bridgehead atoms. The summed E-state index contributed by atoms with van der Waals surface area (Å²) in [4.78, 5) is 2.96.